The van der Waals surface area contributed by atoms with Gasteiger partial charge < -0.3 is 9.15 Å². The zero-order valence-electron chi connectivity index (χ0n) is 11.6. The first kappa shape index (κ1) is 12.5. The van der Waals surface area contributed by atoms with E-state index in [0.717, 1.165) is 36.3 Å². The van der Waals surface area contributed by atoms with Crippen LogP contribution >= 0.6 is 0 Å². The highest BCUT2D eigenvalue weighted by Gasteiger charge is 2.26. The predicted octanol–water partition coefficient (Wildman–Crippen LogP) is 4.75. The lowest BCUT2D eigenvalue weighted by atomic mass is 9.95. The van der Waals surface area contributed by atoms with Gasteiger partial charge in [0, 0.05) is 17.5 Å². The second-order valence-electron chi connectivity index (χ2n) is 5.42. The van der Waals surface area contributed by atoms with Crippen molar-refractivity contribution in [2.24, 2.45) is 0 Å². The SMILES string of the molecule is CC(C)OC1CCCc2oc(-c3ccccc3)cc21. The van der Waals surface area contributed by atoms with Gasteiger partial charge in [0.15, 0.2) is 0 Å². The van der Waals surface area contributed by atoms with Gasteiger partial charge in [-0.3, -0.25) is 0 Å². The van der Waals surface area contributed by atoms with Gasteiger partial charge in [0.05, 0.1) is 12.2 Å². The Morgan fingerprint density at radius 3 is 2.74 bits per heavy atom. The first-order chi connectivity index (χ1) is 9.24. The van der Waals surface area contributed by atoms with E-state index in [1.54, 1.807) is 0 Å². The molecule has 0 radical (unpaired) electrons. The monoisotopic (exact) mass is 256 g/mol. The Balaban J connectivity index is 1.93. The van der Waals surface area contributed by atoms with Gasteiger partial charge in [-0.1, -0.05) is 30.3 Å². The van der Waals surface area contributed by atoms with Gasteiger partial charge in [0.25, 0.3) is 0 Å². The minimum absolute atomic E-state index is 0.199. The van der Waals surface area contributed by atoms with Gasteiger partial charge in [0.1, 0.15) is 11.5 Å². The molecule has 1 aliphatic rings. The Bertz CT molecular complexity index is 540. The maximum atomic E-state index is 6.02. The van der Waals surface area contributed by atoms with Gasteiger partial charge >= 0.3 is 0 Å². The van der Waals surface area contributed by atoms with Crippen LogP contribution < -0.4 is 0 Å². The smallest absolute Gasteiger partial charge is 0.134 e. The van der Waals surface area contributed by atoms with E-state index in [2.05, 4.69) is 32.0 Å². The van der Waals surface area contributed by atoms with Crippen molar-refractivity contribution in [1.82, 2.24) is 0 Å². The molecule has 100 valence electrons. The molecule has 1 unspecified atom stereocenters. The molecule has 0 N–H and O–H groups in total. The van der Waals surface area contributed by atoms with Crippen LogP contribution in [0.25, 0.3) is 11.3 Å². The van der Waals surface area contributed by atoms with E-state index in [-0.39, 0.29) is 12.2 Å². The first-order valence-electron chi connectivity index (χ1n) is 7.07. The van der Waals surface area contributed by atoms with E-state index in [1.165, 1.54) is 5.56 Å². The molecule has 1 atom stereocenters. The summed E-state index contributed by atoms with van der Waals surface area (Å²) in [6, 6.07) is 12.4. The Morgan fingerprint density at radius 1 is 1.21 bits per heavy atom. The number of aryl methyl sites for hydroxylation is 1. The Kier molecular flexibility index (Phi) is 3.43. The summed E-state index contributed by atoms with van der Waals surface area (Å²) >= 11 is 0. The standard InChI is InChI=1S/C17H20O2/c1-12(2)18-15-9-6-10-16-14(15)11-17(19-16)13-7-4-3-5-8-13/h3-5,7-8,11-12,15H,6,9-10H2,1-2H3. The summed E-state index contributed by atoms with van der Waals surface area (Å²) in [6.07, 6.45) is 3.72. The minimum atomic E-state index is 0.199. The van der Waals surface area contributed by atoms with Gasteiger partial charge in [-0.15, -0.1) is 0 Å². The van der Waals surface area contributed by atoms with E-state index in [4.69, 9.17) is 9.15 Å². The molecule has 1 aliphatic carbocycles. The lowest BCUT2D eigenvalue weighted by molar-refractivity contribution is -0.00408. The average Bonchev–Trinajstić information content (AvgIpc) is 2.84. The third kappa shape index (κ3) is 2.59. The molecule has 1 aromatic heterocycles. The summed E-state index contributed by atoms with van der Waals surface area (Å²) < 4.78 is 12.0. The van der Waals surface area contributed by atoms with Crippen LogP contribution in [0.15, 0.2) is 40.8 Å². The Labute approximate surface area is 114 Å². The van der Waals surface area contributed by atoms with Gasteiger partial charge in [-0.2, -0.15) is 0 Å². The molecule has 2 aromatic rings. The zero-order valence-corrected chi connectivity index (χ0v) is 11.6. The normalized spacial score (nSPS) is 18.6. The number of hydrogen-bond donors (Lipinski definition) is 0. The van der Waals surface area contributed by atoms with E-state index in [0.29, 0.717) is 0 Å². The van der Waals surface area contributed by atoms with Crippen molar-refractivity contribution in [3.05, 3.63) is 47.7 Å². The van der Waals surface area contributed by atoms with Crippen LogP contribution in [0.5, 0.6) is 0 Å². The topological polar surface area (TPSA) is 22.4 Å². The van der Waals surface area contributed by atoms with E-state index >= 15 is 0 Å². The molecule has 0 saturated carbocycles. The summed E-state index contributed by atoms with van der Waals surface area (Å²) in [6.45, 7) is 4.18. The van der Waals surface area contributed by atoms with E-state index in [1.807, 2.05) is 18.2 Å². The fourth-order valence-corrected chi connectivity index (χ4v) is 2.73. The average molecular weight is 256 g/mol. The van der Waals surface area contributed by atoms with Crippen LogP contribution in [0.4, 0.5) is 0 Å². The lowest BCUT2D eigenvalue weighted by Crippen LogP contribution is -2.14. The first-order valence-corrected chi connectivity index (χ1v) is 7.07. The molecule has 3 rings (SSSR count). The maximum absolute atomic E-state index is 6.02. The molecule has 0 spiro atoms. The maximum Gasteiger partial charge on any atom is 0.134 e. The molecule has 2 nitrogen and oxygen atoms in total. The van der Waals surface area contributed by atoms with Crippen LogP contribution in [-0.2, 0) is 11.2 Å². The summed E-state index contributed by atoms with van der Waals surface area (Å²) in [5.74, 6) is 2.07. The Morgan fingerprint density at radius 2 is 2.00 bits per heavy atom. The van der Waals surface area contributed by atoms with Gasteiger partial charge in [0.2, 0.25) is 0 Å². The van der Waals surface area contributed by atoms with Crippen molar-refractivity contribution in [1.29, 1.82) is 0 Å². The molecule has 2 heteroatoms. The number of benzene rings is 1. The number of fused-ring (bicyclic) bond motifs is 1. The summed E-state index contributed by atoms with van der Waals surface area (Å²) in [4.78, 5) is 0. The van der Waals surface area contributed by atoms with Crippen molar-refractivity contribution in [2.45, 2.75) is 45.3 Å². The molecule has 0 bridgehead atoms. The molecule has 0 saturated heterocycles. The number of furan rings is 1. The number of ether oxygens (including phenoxy) is 1. The van der Waals surface area contributed by atoms with Crippen LogP contribution in [-0.4, -0.2) is 6.10 Å². The van der Waals surface area contributed by atoms with Crippen molar-refractivity contribution in [3.63, 3.8) is 0 Å². The molecule has 0 aliphatic heterocycles. The van der Waals surface area contributed by atoms with Crippen LogP contribution in [0.2, 0.25) is 0 Å². The second-order valence-corrected chi connectivity index (χ2v) is 5.42. The molecule has 0 amide bonds. The molecule has 1 heterocycles. The van der Waals surface area contributed by atoms with Gasteiger partial charge in [-0.25, -0.2) is 0 Å². The summed E-state index contributed by atoms with van der Waals surface area (Å²) in [5, 5.41) is 0. The second kappa shape index (κ2) is 5.22. The summed E-state index contributed by atoms with van der Waals surface area (Å²) in [7, 11) is 0. The van der Waals surface area contributed by atoms with Crippen molar-refractivity contribution in [3.8, 4) is 11.3 Å². The number of hydrogen-bond acceptors (Lipinski definition) is 2. The largest absolute Gasteiger partial charge is 0.461 e. The number of rotatable bonds is 3. The fraction of sp³-hybridized carbons (Fsp3) is 0.412. The quantitative estimate of drug-likeness (QED) is 0.790. The van der Waals surface area contributed by atoms with Crippen molar-refractivity contribution < 1.29 is 9.15 Å². The highest BCUT2D eigenvalue weighted by Crippen LogP contribution is 2.38. The minimum Gasteiger partial charge on any atom is -0.461 e. The summed E-state index contributed by atoms with van der Waals surface area (Å²) in [5.41, 5.74) is 2.39. The molecule has 0 fully saturated rings. The third-order valence-corrected chi connectivity index (χ3v) is 3.55. The highest BCUT2D eigenvalue weighted by molar-refractivity contribution is 5.59. The third-order valence-electron chi connectivity index (χ3n) is 3.55. The molecular formula is C17H20O2. The molecule has 19 heavy (non-hydrogen) atoms. The predicted molar refractivity (Wildman–Crippen MR) is 76.0 cm³/mol. The van der Waals surface area contributed by atoms with E-state index < -0.39 is 0 Å². The van der Waals surface area contributed by atoms with Crippen LogP contribution in [0.1, 0.15) is 44.1 Å². The zero-order chi connectivity index (χ0) is 13.2. The van der Waals surface area contributed by atoms with Crippen molar-refractivity contribution >= 4 is 0 Å². The lowest BCUT2D eigenvalue weighted by Gasteiger charge is -2.23. The molecular weight excluding hydrogens is 236 g/mol. The Hall–Kier alpha value is -1.54. The van der Waals surface area contributed by atoms with Crippen LogP contribution in [0.3, 0.4) is 0 Å². The molecule has 1 aromatic carbocycles. The fourth-order valence-electron chi connectivity index (χ4n) is 2.73. The van der Waals surface area contributed by atoms with Gasteiger partial charge in [-0.05, 0) is 32.8 Å². The van der Waals surface area contributed by atoms with Crippen molar-refractivity contribution in [2.75, 3.05) is 0 Å². The highest BCUT2D eigenvalue weighted by atomic mass is 16.5. The van der Waals surface area contributed by atoms with Crippen LogP contribution in [0, 0.1) is 0 Å². The van der Waals surface area contributed by atoms with E-state index in [9.17, 15) is 0 Å².